The average Bonchev–Trinajstić information content (AvgIpc) is 2.86. The van der Waals surface area contributed by atoms with E-state index >= 15 is 0 Å². The second-order valence-electron chi connectivity index (χ2n) is 6.11. The molecule has 3 aromatic rings. The minimum absolute atomic E-state index is 0.206. The summed E-state index contributed by atoms with van der Waals surface area (Å²) in [6, 6.07) is 13.9. The van der Waals surface area contributed by atoms with Crippen molar-refractivity contribution in [3.05, 3.63) is 48.2 Å². The lowest BCUT2D eigenvalue weighted by Crippen LogP contribution is -2.22. The van der Waals surface area contributed by atoms with Crippen LogP contribution in [0.4, 0.5) is 4.79 Å². The van der Waals surface area contributed by atoms with Gasteiger partial charge in [-0.1, -0.05) is 18.2 Å². The maximum absolute atomic E-state index is 11.4. The fraction of sp³-hybridized carbons (Fsp3) is 0.211. The molecule has 0 bridgehead atoms. The summed E-state index contributed by atoms with van der Waals surface area (Å²) in [5.74, 6) is 0.243. The molecule has 0 radical (unpaired) electrons. The fourth-order valence-electron chi connectivity index (χ4n) is 3.29. The van der Waals surface area contributed by atoms with Gasteiger partial charge in [0.25, 0.3) is 0 Å². The molecule has 0 saturated heterocycles. The van der Waals surface area contributed by atoms with Crippen molar-refractivity contribution in [3.63, 3.8) is 0 Å². The molecule has 1 aliphatic carbocycles. The number of nitrogens with two attached hydrogens (primary N) is 1. The highest BCUT2D eigenvalue weighted by Crippen LogP contribution is 2.42. The van der Waals surface area contributed by atoms with Gasteiger partial charge in [-0.3, -0.25) is 4.98 Å². The first-order chi connectivity index (χ1) is 12.2. The van der Waals surface area contributed by atoms with Gasteiger partial charge in [0.05, 0.1) is 11.2 Å². The Morgan fingerprint density at radius 1 is 1.32 bits per heavy atom. The van der Waals surface area contributed by atoms with Crippen LogP contribution in [0.5, 0.6) is 5.88 Å². The van der Waals surface area contributed by atoms with Crippen molar-refractivity contribution in [1.82, 2.24) is 9.55 Å². The first-order valence-electron chi connectivity index (χ1n) is 8.16. The lowest BCUT2D eigenvalue weighted by atomic mass is 9.92. The van der Waals surface area contributed by atoms with E-state index in [-0.39, 0.29) is 11.9 Å². The first-order valence-corrected chi connectivity index (χ1v) is 8.16. The number of ether oxygens (including phenoxy) is 1. The molecule has 1 aromatic carbocycles. The molecule has 1 fully saturated rings. The molecule has 6 nitrogen and oxygen atoms in total. The summed E-state index contributed by atoms with van der Waals surface area (Å²) >= 11 is 0. The summed E-state index contributed by atoms with van der Waals surface area (Å²) in [7, 11) is 0. The maximum Gasteiger partial charge on any atom is 0.411 e. The predicted octanol–water partition coefficient (Wildman–Crippen LogP) is 3.76. The van der Waals surface area contributed by atoms with Crippen LogP contribution in [0.3, 0.4) is 0 Å². The Balaban J connectivity index is 1.97. The topological polar surface area (TPSA) is 93.9 Å². The van der Waals surface area contributed by atoms with E-state index in [0.29, 0.717) is 5.56 Å². The van der Waals surface area contributed by atoms with E-state index in [1.54, 1.807) is 6.20 Å². The quantitative estimate of drug-likeness (QED) is 0.790. The normalized spacial score (nSPS) is 14.0. The summed E-state index contributed by atoms with van der Waals surface area (Å²) in [5, 5.41) is 10.3. The Bertz CT molecular complexity index is 998. The van der Waals surface area contributed by atoms with Gasteiger partial charge in [0, 0.05) is 23.2 Å². The second kappa shape index (κ2) is 5.95. The van der Waals surface area contributed by atoms with Crippen molar-refractivity contribution >= 4 is 17.0 Å². The molecule has 0 spiro atoms. The molecule has 4 rings (SSSR count). The van der Waals surface area contributed by atoms with Crippen molar-refractivity contribution in [2.45, 2.75) is 25.3 Å². The molecule has 6 heteroatoms. The third-order valence-electron chi connectivity index (χ3n) is 4.67. The average molecular weight is 332 g/mol. The van der Waals surface area contributed by atoms with Gasteiger partial charge in [-0.05, 0) is 37.5 Å². The van der Waals surface area contributed by atoms with Crippen molar-refractivity contribution in [2.75, 3.05) is 0 Å². The summed E-state index contributed by atoms with van der Waals surface area (Å²) < 4.78 is 7.16. The number of benzene rings is 1. The number of carbonyl (C=O) groups is 1. The number of amides is 1. The van der Waals surface area contributed by atoms with Crippen molar-refractivity contribution in [2.24, 2.45) is 5.73 Å². The van der Waals surface area contributed by atoms with E-state index in [9.17, 15) is 10.1 Å². The highest BCUT2D eigenvalue weighted by Gasteiger charge is 2.29. The lowest BCUT2D eigenvalue weighted by molar-refractivity contribution is 0.202. The third-order valence-corrected chi connectivity index (χ3v) is 4.67. The number of aromatic nitrogens is 2. The minimum atomic E-state index is -0.912. The molecule has 0 aliphatic heterocycles. The third kappa shape index (κ3) is 2.50. The second-order valence-corrected chi connectivity index (χ2v) is 6.11. The van der Waals surface area contributed by atoms with Crippen molar-refractivity contribution in [3.8, 4) is 23.2 Å². The Hall–Kier alpha value is -3.33. The summed E-state index contributed by atoms with van der Waals surface area (Å²) in [5.41, 5.74) is 8.22. The molecule has 0 atom stereocenters. The number of nitrogens with zero attached hydrogens (tertiary/aromatic N) is 3. The molecule has 1 saturated carbocycles. The number of hydrogen-bond donors (Lipinski definition) is 1. The van der Waals surface area contributed by atoms with Crippen LogP contribution in [0.2, 0.25) is 0 Å². The monoisotopic (exact) mass is 332 g/mol. The standard InChI is InChI=1S/C19H16N4O2/c20-11-15-14-8-7-12(16-6-1-2-9-22-16)10-17(14)23(13-4-3-5-13)18(15)25-19(21)24/h1-2,6-10,13H,3-5H2,(H2,21,24). The molecular weight excluding hydrogens is 316 g/mol. The van der Waals surface area contributed by atoms with Crippen molar-refractivity contribution in [1.29, 1.82) is 5.26 Å². The van der Waals surface area contributed by atoms with Crippen LogP contribution in [0, 0.1) is 11.3 Å². The largest absolute Gasteiger partial charge is 0.411 e. The number of carbonyl (C=O) groups excluding carboxylic acids is 1. The number of rotatable bonds is 3. The van der Waals surface area contributed by atoms with Gasteiger partial charge < -0.3 is 15.0 Å². The van der Waals surface area contributed by atoms with Crippen LogP contribution in [-0.4, -0.2) is 15.6 Å². The van der Waals surface area contributed by atoms with Crippen LogP contribution >= 0.6 is 0 Å². The van der Waals surface area contributed by atoms with Gasteiger partial charge in [-0.2, -0.15) is 5.26 Å². The molecule has 0 unspecified atom stereocenters. The molecule has 2 aromatic heterocycles. The summed E-state index contributed by atoms with van der Waals surface area (Å²) in [6.45, 7) is 0. The molecule has 2 heterocycles. The van der Waals surface area contributed by atoms with Crippen LogP contribution in [0.15, 0.2) is 42.6 Å². The summed E-state index contributed by atoms with van der Waals surface area (Å²) in [6.07, 6.45) is 3.91. The van der Waals surface area contributed by atoms with Crippen LogP contribution in [0.25, 0.3) is 22.2 Å². The first kappa shape index (κ1) is 15.2. The van der Waals surface area contributed by atoms with Gasteiger partial charge in [-0.25, -0.2) is 4.79 Å². The molecule has 2 N–H and O–H groups in total. The van der Waals surface area contributed by atoms with Crippen LogP contribution in [-0.2, 0) is 0 Å². The van der Waals surface area contributed by atoms with E-state index in [2.05, 4.69) is 11.1 Å². The lowest BCUT2D eigenvalue weighted by Gasteiger charge is -2.29. The van der Waals surface area contributed by atoms with Crippen molar-refractivity contribution < 1.29 is 9.53 Å². The molecule has 124 valence electrons. The van der Waals surface area contributed by atoms with E-state index < -0.39 is 6.09 Å². The van der Waals surface area contributed by atoms with Crippen LogP contribution in [0.1, 0.15) is 30.9 Å². The SMILES string of the molecule is N#Cc1c(OC(N)=O)n(C2CCC2)c2cc(-c3ccccn3)ccc12. The predicted molar refractivity (Wildman–Crippen MR) is 93.0 cm³/mol. The number of pyridine rings is 1. The van der Waals surface area contributed by atoms with Crippen LogP contribution < -0.4 is 10.5 Å². The Kier molecular flexibility index (Phi) is 3.62. The van der Waals surface area contributed by atoms with E-state index in [1.165, 1.54) is 0 Å². The molecule has 1 aliphatic rings. The Labute approximate surface area is 144 Å². The van der Waals surface area contributed by atoms with Gasteiger partial charge >= 0.3 is 6.09 Å². The highest BCUT2D eigenvalue weighted by atomic mass is 16.6. The zero-order valence-electron chi connectivity index (χ0n) is 13.5. The van der Waals surface area contributed by atoms with Gasteiger partial charge in [-0.15, -0.1) is 0 Å². The Morgan fingerprint density at radius 3 is 2.76 bits per heavy atom. The number of nitriles is 1. The molecular formula is C19H16N4O2. The van der Waals surface area contributed by atoms with Gasteiger partial charge in [0.1, 0.15) is 11.6 Å². The minimum Gasteiger partial charge on any atom is -0.392 e. The molecule has 1 amide bonds. The summed E-state index contributed by atoms with van der Waals surface area (Å²) in [4.78, 5) is 15.7. The van der Waals surface area contributed by atoms with E-state index in [1.807, 2.05) is 41.0 Å². The number of fused-ring (bicyclic) bond motifs is 1. The maximum atomic E-state index is 11.4. The fourth-order valence-corrected chi connectivity index (χ4v) is 3.29. The smallest absolute Gasteiger partial charge is 0.392 e. The highest BCUT2D eigenvalue weighted by molar-refractivity contribution is 5.93. The van der Waals surface area contributed by atoms with Gasteiger partial charge in [0.15, 0.2) is 0 Å². The zero-order chi connectivity index (χ0) is 17.4. The number of primary amides is 1. The van der Waals surface area contributed by atoms with E-state index in [4.69, 9.17) is 10.5 Å². The van der Waals surface area contributed by atoms with Gasteiger partial charge in [0.2, 0.25) is 5.88 Å². The van der Waals surface area contributed by atoms with E-state index in [0.717, 1.165) is 41.4 Å². The Morgan fingerprint density at radius 2 is 2.16 bits per heavy atom. The number of hydrogen-bond acceptors (Lipinski definition) is 4. The molecule has 25 heavy (non-hydrogen) atoms. The zero-order valence-corrected chi connectivity index (χ0v) is 13.5.